The van der Waals surface area contributed by atoms with Gasteiger partial charge in [0.1, 0.15) is 11.1 Å². The molecule has 5 nitrogen and oxygen atoms in total. The molecule has 10 heteroatoms. The van der Waals surface area contributed by atoms with Crippen LogP contribution >= 0.6 is 0 Å². The molecule has 2 unspecified atom stereocenters. The molecule has 0 aromatic carbocycles. The molecule has 0 fully saturated rings. The van der Waals surface area contributed by atoms with Gasteiger partial charge in [0.05, 0.1) is 12.2 Å². The number of allylic oxidation sites excluding steroid dienone is 2. The number of ether oxygens (including phenoxy) is 1. The molecule has 1 aliphatic rings. The molecule has 1 rings (SSSR count). The summed E-state index contributed by atoms with van der Waals surface area (Å²) in [5, 5.41) is 9.64. The lowest BCUT2D eigenvalue weighted by atomic mass is 9.63. The van der Waals surface area contributed by atoms with Gasteiger partial charge in [-0.05, 0) is 19.8 Å². The highest BCUT2D eigenvalue weighted by atomic mass is 19.4. The normalized spacial score (nSPS) is 23.7. The van der Waals surface area contributed by atoms with E-state index in [2.05, 4.69) is 16.3 Å². The first-order valence-electron chi connectivity index (χ1n) is 7.68. The zero-order valence-electron chi connectivity index (χ0n) is 14.1. The Morgan fingerprint density at radius 3 is 2.31 bits per heavy atom. The SMILES string of the molecule is C=CCC1(C(=O)O)C(C(F)F)=NC(C(F)(F)F)=C(C(=O)OCC)C1CC. The molecule has 0 aromatic rings. The van der Waals surface area contributed by atoms with Gasteiger partial charge in [0.2, 0.25) is 0 Å². The van der Waals surface area contributed by atoms with Crippen LogP contribution in [-0.4, -0.2) is 42.0 Å². The maximum Gasteiger partial charge on any atom is 0.433 e. The number of nitrogens with zero attached hydrogens (tertiary/aromatic N) is 1. The summed E-state index contributed by atoms with van der Waals surface area (Å²) in [5.41, 5.74) is -6.88. The average Bonchev–Trinajstić information content (AvgIpc) is 2.52. The van der Waals surface area contributed by atoms with Crippen LogP contribution in [0.25, 0.3) is 0 Å². The maximum atomic E-state index is 13.5. The van der Waals surface area contributed by atoms with Gasteiger partial charge >= 0.3 is 18.1 Å². The molecule has 0 saturated heterocycles. The molecule has 1 heterocycles. The molecular weight excluding hydrogens is 365 g/mol. The molecule has 146 valence electrons. The summed E-state index contributed by atoms with van der Waals surface area (Å²) in [7, 11) is 0. The van der Waals surface area contributed by atoms with Crippen molar-refractivity contribution in [2.45, 2.75) is 39.3 Å². The lowest BCUT2D eigenvalue weighted by molar-refractivity contribution is -0.149. The van der Waals surface area contributed by atoms with Gasteiger partial charge in [-0.3, -0.25) is 4.79 Å². The summed E-state index contributed by atoms with van der Waals surface area (Å²) >= 11 is 0. The van der Waals surface area contributed by atoms with E-state index in [1.165, 1.54) is 13.8 Å². The minimum Gasteiger partial charge on any atom is -0.481 e. The molecule has 1 N–H and O–H groups in total. The Hall–Kier alpha value is -2.26. The number of aliphatic carboxylic acids is 1. The number of esters is 1. The van der Waals surface area contributed by atoms with Crippen molar-refractivity contribution in [3.8, 4) is 0 Å². The average molecular weight is 383 g/mol. The van der Waals surface area contributed by atoms with Crippen molar-refractivity contribution in [3.63, 3.8) is 0 Å². The maximum absolute atomic E-state index is 13.5. The number of carboxylic acids is 1. The first kappa shape index (κ1) is 21.8. The Morgan fingerprint density at radius 1 is 1.38 bits per heavy atom. The minimum absolute atomic E-state index is 0.281. The van der Waals surface area contributed by atoms with E-state index in [1.54, 1.807) is 0 Å². The first-order valence-corrected chi connectivity index (χ1v) is 7.68. The molecule has 0 saturated carbocycles. The standard InChI is InChI=1S/C16H18F5NO4/c1-4-7-15(14(24)25)8(5-2)9(13(23)26-6-3)10(16(19,20)21)22-11(15)12(17)18/h4,8,12H,1,5-7H2,2-3H3,(H,24,25). The van der Waals surface area contributed by atoms with E-state index in [9.17, 15) is 36.6 Å². The fourth-order valence-electron chi connectivity index (χ4n) is 3.15. The van der Waals surface area contributed by atoms with Crippen LogP contribution < -0.4 is 0 Å². The van der Waals surface area contributed by atoms with E-state index in [4.69, 9.17) is 0 Å². The number of carboxylic acid groups (broad SMARTS) is 1. The minimum atomic E-state index is -5.24. The number of hydrogen-bond donors (Lipinski definition) is 1. The molecule has 2 atom stereocenters. The third-order valence-corrected chi connectivity index (χ3v) is 4.11. The topological polar surface area (TPSA) is 76.0 Å². The van der Waals surface area contributed by atoms with Crippen molar-refractivity contribution in [2.24, 2.45) is 16.3 Å². The Bertz CT molecular complexity index is 654. The van der Waals surface area contributed by atoms with Crippen LogP contribution in [0.4, 0.5) is 22.0 Å². The van der Waals surface area contributed by atoms with Gasteiger partial charge in [0.25, 0.3) is 6.43 Å². The van der Waals surface area contributed by atoms with Gasteiger partial charge in [-0.2, -0.15) is 13.2 Å². The van der Waals surface area contributed by atoms with Crippen LogP contribution in [0.15, 0.2) is 28.9 Å². The van der Waals surface area contributed by atoms with E-state index in [-0.39, 0.29) is 13.0 Å². The Morgan fingerprint density at radius 2 is 1.96 bits per heavy atom. The van der Waals surface area contributed by atoms with Gasteiger partial charge < -0.3 is 9.84 Å². The lowest BCUT2D eigenvalue weighted by Gasteiger charge is -2.41. The summed E-state index contributed by atoms with van der Waals surface area (Å²) < 4.78 is 71.8. The Balaban J connectivity index is 3.94. The summed E-state index contributed by atoms with van der Waals surface area (Å²) in [6, 6.07) is 0. The number of rotatable bonds is 7. The smallest absolute Gasteiger partial charge is 0.433 e. The number of carbonyl (C=O) groups is 2. The van der Waals surface area contributed by atoms with E-state index >= 15 is 0 Å². The van der Waals surface area contributed by atoms with E-state index < -0.39 is 59.3 Å². The summed E-state index contributed by atoms with van der Waals surface area (Å²) in [6.45, 7) is 5.66. The molecule has 0 amide bonds. The molecule has 26 heavy (non-hydrogen) atoms. The van der Waals surface area contributed by atoms with Crippen molar-refractivity contribution in [1.82, 2.24) is 0 Å². The number of aliphatic imine (C=N–C) groups is 1. The quantitative estimate of drug-likeness (QED) is 0.413. The summed E-state index contributed by atoms with van der Waals surface area (Å²) in [6.07, 6.45) is -8.77. The molecule has 0 radical (unpaired) electrons. The van der Waals surface area contributed by atoms with Crippen LogP contribution in [0, 0.1) is 11.3 Å². The highest BCUT2D eigenvalue weighted by Gasteiger charge is 2.59. The van der Waals surface area contributed by atoms with Gasteiger partial charge in [-0.25, -0.2) is 18.6 Å². The number of carbonyl (C=O) groups excluding carboxylic acids is 1. The van der Waals surface area contributed by atoms with Crippen molar-refractivity contribution < 1.29 is 41.4 Å². The lowest BCUT2D eigenvalue weighted by Crippen LogP contribution is -2.52. The zero-order valence-corrected chi connectivity index (χ0v) is 14.1. The third kappa shape index (κ3) is 3.63. The molecule has 0 spiro atoms. The van der Waals surface area contributed by atoms with Crippen molar-refractivity contribution in [3.05, 3.63) is 23.9 Å². The van der Waals surface area contributed by atoms with E-state index in [1.807, 2.05) is 0 Å². The van der Waals surface area contributed by atoms with Crippen molar-refractivity contribution in [2.75, 3.05) is 6.61 Å². The zero-order chi connectivity index (χ0) is 20.3. The predicted molar refractivity (Wildman–Crippen MR) is 81.8 cm³/mol. The second-order valence-electron chi connectivity index (χ2n) is 5.51. The monoisotopic (exact) mass is 383 g/mol. The largest absolute Gasteiger partial charge is 0.481 e. The van der Waals surface area contributed by atoms with E-state index in [0.717, 1.165) is 6.08 Å². The van der Waals surface area contributed by atoms with Crippen LogP contribution in [0.2, 0.25) is 0 Å². The van der Waals surface area contributed by atoms with Crippen molar-refractivity contribution in [1.29, 1.82) is 0 Å². The van der Waals surface area contributed by atoms with E-state index in [0.29, 0.717) is 0 Å². The highest BCUT2D eigenvalue weighted by molar-refractivity contribution is 6.11. The van der Waals surface area contributed by atoms with Crippen LogP contribution in [0.3, 0.4) is 0 Å². The van der Waals surface area contributed by atoms with Gasteiger partial charge in [-0.1, -0.05) is 13.0 Å². The Labute approximate surface area is 146 Å². The highest BCUT2D eigenvalue weighted by Crippen LogP contribution is 2.50. The molecule has 0 aliphatic carbocycles. The molecule has 0 aromatic heterocycles. The first-order chi connectivity index (χ1) is 12.0. The second kappa shape index (κ2) is 7.96. The fraction of sp³-hybridized carbons (Fsp3) is 0.562. The summed E-state index contributed by atoms with van der Waals surface area (Å²) in [4.78, 5) is 27.0. The van der Waals surface area contributed by atoms with Crippen LogP contribution in [0.5, 0.6) is 0 Å². The van der Waals surface area contributed by atoms with Gasteiger partial charge in [-0.15, -0.1) is 6.58 Å². The third-order valence-electron chi connectivity index (χ3n) is 4.11. The molecule has 0 bridgehead atoms. The summed E-state index contributed by atoms with van der Waals surface area (Å²) in [5.74, 6) is -4.96. The predicted octanol–water partition coefficient (Wildman–Crippen LogP) is 3.76. The molecular formula is C16H18F5NO4. The van der Waals surface area contributed by atoms with Gasteiger partial charge in [0, 0.05) is 5.92 Å². The van der Waals surface area contributed by atoms with Crippen LogP contribution in [0.1, 0.15) is 26.7 Å². The number of hydrogen-bond acceptors (Lipinski definition) is 4. The fourth-order valence-corrected chi connectivity index (χ4v) is 3.15. The van der Waals surface area contributed by atoms with Crippen molar-refractivity contribution >= 4 is 17.7 Å². The van der Waals surface area contributed by atoms with Crippen LogP contribution in [-0.2, 0) is 14.3 Å². The number of halogens is 5. The number of alkyl halides is 5. The molecule has 1 aliphatic heterocycles. The second-order valence-corrected chi connectivity index (χ2v) is 5.51. The van der Waals surface area contributed by atoms with Gasteiger partial charge in [0.15, 0.2) is 5.70 Å². The Kier molecular flexibility index (Phi) is 6.67.